The maximum atomic E-state index is 4.18. The molecule has 0 spiro atoms. The van der Waals surface area contributed by atoms with E-state index in [-0.39, 0.29) is 17.1 Å². The van der Waals surface area contributed by atoms with Crippen molar-refractivity contribution in [1.29, 1.82) is 0 Å². The van der Waals surface area contributed by atoms with Crippen molar-refractivity contribution < 1.29 is 17.1 Å². The van der Waals surface area contributed by atoms with Crippen LogP contribution >= 0.6 is 0 Å². The summed E-state index contributed by atoms with van der Waals surface area (Å²) >= 11 is 0. The molecular weight excluding hydrogens is 178 g/mol. The van der Waals surface area contributed by atoms with E-state index in [4.69, 9.17) is 0 Å². The summed E-state index contributed by atoms with van der Waals surface area (Å²) in [6.07, 6.45) is 1.85. The van der Waals surface area contributed by atoms with Gasteiger partial charge in [0, 0.05) is 29.9 Å². The summed E-state index contributed by atoms with van der Waals surface area (Å²) in [6.45, 7) is 4.10. The Labute approximate surface area is 71.1 Å². The van der Waals surface area contributed by atoms with Gasteiger partial charge in [0.1, 0.15) is 11.6 Å². The van der Waals surface area contributed by atoms with Crippen molar-refractivity contribution in [2.45, 2.75) is 26.7 Å². The molecule has 0 bridgehead atoms. The Morgan fingerprint density at radius 3 is 2.30 bits per heavy atom. The van der Waals surface area contributed by atoms with Crippen LogP contribution < -0.4 is 0 Å². The molecule has 0 saturated heterocycles. The van der Waals surface area contributed by atoms with E-state index in [0.29, 0.717) is 0 Å². The molecule has 0 aliphatic heterocycles. The Morgan fingerprint density at radius 1 is 1.30 bits per heavy atom. The third kappa shape index (κ3) is 2.12. The van der Waals surface area contributed by atoms with Gasteiger partial charge in [-0.05, 0) is 0 Å². The topological polar surface area (TPSA) is 41.6 Å². The van der Waals surface area contributed by atoms with Crippen LogP contribution in [-0.2, 0) is 29.9 Å². The third-order valence-electron chi connectivity index (χ3n) is 1.23. The first-order valence-electron chi connectivity index (χ1n) is 3.27. The maximum absolute atomic E-state index is 4.18. The van der Waals surface area contributed by atoms with Gasteiger partial charge in [-0.1, -0.05) is 13.8 Å². The van der Waals surface area contributed by atoms with Gasteiger partial charge >= 0.3 is 0 Å². The van der Waals surface area contributed by atoms with Crippen LogP contribution in [-0.4, -0.2) is 15.2 Å². The molecular formula is C6H11CuN3. The molecule has 3 nitrogen and oxygen atoms in total. The Bertz CT molecular complexity index is 166. The largest absolute Gasteiger partial charge is 0.263 e. The minimum atomic E-state index is 0. The molecule has 0 saturated carbocycles. The summed E-state index contributed by atoms with van der Waals surface area (Å²) in [4.78, 5) is 4.18. The van der Waals surface area contributed by atoms with Gasteiger partial charge in [-0.2, -0.15) is 5.10 Å². The smallest absolute Gasteiger partial charge is 0.150 e. The quantitative estimate of drug-likeness (QED) is 0.702. The fourth-order valence-electron chi connectivity index (χ4n) is 0.651. The zero-order valence-corrected chi connectivity index (χ0v) is 7.05. The molecule has 0 unspecified atom stereocenters. The summed E-state index contributed by atoms with van der Waals surface area (Å²) in [7, 11) is 0. The second kappa shape index (κ2) is 4.47. The van der Waals surface area contributed by atoms with E-state index >= 15 is 0 Å². The minimum absolute atomic E-state index is 0. The first kappa shape index (κ1) is 9.66. The second-order valence-corrected chi connectivity index (χ2v) is 1.91. The van der Waals surface area contributed by atoms with E-state index in [1.165, 1.54) is 0 Å². The van der Waals surface area contributed by atoms with Gasteiger partial charge in [0.15, 0.2) is 0 Å². The number of aryl methyl sites for hydroxylation is 2. The first-order chi connectivity index (χ1) is 4.36. The first-order valence-corrected chi connectivity index (χ1v) is 3.27. The maximum Gasteiger partial charge on any atom is 0.150 e. The number of aromatic amines is 1. The van der Waals surface area contributed by atoms with Crippen LogP contribution in [0.5, 0.6) is 0 Å². The SMILES string of the molecule is CCc1n[nH]c(CC)n1.[Cu]. The second-order valence-electron chi connectivity index (χ2n) is 1.91. The molecule has 1 aromatic heterocycles. The number of aromatic nitrogens is 3. The Kier molecular flexibility index (Phi) is 4.32. The molecule has 61 valence electrons. The zero-order valence-electron chi connectivity index (χ0n) is 6.11. The fourth-order valence-corrected chi connectivity index (χ4v) is 0.651. The molecule has 0 amide bonds. The van der Waals surface area contributed by atoms with Crippen LogP contribution in [0, 0.1) is 0 Å². The normalized spacial score (nSPS) is 9.00. The van der Waals surface area contributed by atoms with Crippen molar-refractivity contribution in [3.05, 3.63) is 11.6 Å². The Hall–Kier alpha value is -0.341. The van der Waals surface area contributed by atoms with Gasteiger partial charge in [-0.25, -0.2) is 4.98 Å². The van der Waals surface area contributed by atoms with E-state index < -0.39 is 0 Å². The molecule has 0 fully saturated rings. The summed E-state index contributed by atoms with van der Waals surface area (Å²) in [5, 5.41) is 6.81. The average molecular weight is 189 g/mol. The number of H-pyrrole nitrogens is 1. The van der Waals surface area contributed by atoms with E-state index in [1.54, 1.807) is 0 Å². The monoisotopic (exact) mass is 188 g/mol. The average Bonchev–Trinajstić information content (AvgIpc) is 2.34. The predicted molar refractivity (Wildman–Crippen MR) is 35.1 cm³/mol. The van der Waals surface area contributed by atoms with Crippen LogP contribution in [0.25, 0.3) is 0 Å². The van der Waals surface area contributed by atoms with Crippen molar-refractivity contribution in [2.75, 3.05) is 0 Å². The van der Waals surface area contributed by atoms with Crippen LogP contribution in [0.4, 0.5) is 0 Å². The molecule has 1 aromatic rings. The van der Waals surface area contributed by atoms with Crippen LogP contribution in [0.1, 0.15) is 25.5 Å². The number of rotatable bonds is 2. The van der Waals surface area contributed by atoms with Crippen LogP contribution in [0.2, 0.25) is 0 Å². The molecule has 10 heavy (non-hydrogen) atoms. The summed E-state index contributed by atoms with van der Waals surface area (Å²) in [5.74, 6) is 1.89. The molecule has 1 radical (unpaired) electrons. The molecule has 0 atom stereocenters. The molecule has 0 aliphatic carbocycles. The van der Waals surface area contributed by atoms with Crippen LogP contribution in [0.15, 0.2) is 0 Å². The number of nitrogens with one attached hydrogen (secondary N) is 1. The minimum Gasteiger partial charge on any atom is -0.263 e. The van der Waals surface area contributed by atoms with Crippen molar-refractivity contribution in [3.8, 4) is 0 Å². The predicted octanol–water partition coefficient (Wildman–Crippen LogP) is 0.927. The Balaban J connectivity index is 0.000000810. The van der Waals surface area contributed by atoms with E-state index in [0.717, 1.165) is 24.5 Å². The van der Waals surface area contributed by atoms with E-state index in [9.17, 15) is 0 Å². The van der Waals surface area contributed by atoms with Crippen molar-refractivity contribution >= 4 is 0 Å². The van der Waals surface area contributed by atoms with Gasteiger partial charge in [-0.3, -0.25) is 5.10 Å². The van der Waals surface area contributed by atoms with Crippen molar-refractivity contribution in [1.82, 2.24) is 15.2 Å². The number of nitrogens with zero attached hydrogens (tertiary/aromatic N) is 2. The molecule has 0 aliphatic rings. The van der Waals surface area contributed by atoms with Crippen molar-refractivity contribution in [3.63, 3.8) is 0 Å². The Morgan fingerprint density at radius 2 is 2.00 bits per heavy atom. The van der Waals surface area contributed by atoms with E-state index in [2.05, 4.69) is 22.1 Å². The van der Waals surface area contributed by atoms with Gasteiger partial charge in [-0.15, -0.1) is 0 Å². The van der Waals surface area contributed by atoms with Gasteiger partial charge in [0.2, 0.25) is 0 Å². The molecule has 1 heterocycles. The fraction of sp³-hybridized carbons (Fsp3) is 0.667. The van der Waals surface area contributed by atoms with Crippen LogP contribution in [0.3, 0.4) is 0 Å². The zero-order chi connectivity index (χ0) is 6.69. The molecule has 1 rings (SSSR count). The van der Waals surface area contributed by atoms with Gasteiger partial charge < -0.3 is 0 Å². The third-order valence-corrected chi connectivity index (χ3v) is 1.23. The standard InChI is InChI=1S/C6H11N3.Cu/c1-3-5-7-6(4-2)9-8-5;/h3-4H2,1-2H3,(H,7,8,9);. The number of hydrogen-bond acceptors (Lipinski definition) is 2. The van der Waals surface area contributed by atoms with Crippen molar-refractivity contribution in [2.24, 2.45) is 0 Å². The van der Waals surface area contributed by atoms with Gasteiger partial charge in [0.25, 0.3) is 0 Å². The number of hydrogen-bond donors (Lipinski definition) is 1. The summed E-state index contributed by atoms with van der Waals surface area (Å²) in [5.41, 5.74) is 0. The molecule has 0 aromatic carbocycles. The van der Waals surface area contributed by atoms with E-state index in [1.807, 2.05) is 6.92 Å². The van der Waals surface area contributed by atoms with Gasteiger partial charge in [0.05, 0.1) is 0 Å². The summed E-state index contributed by atoms with van der Waals surface area (Å²) in [6, 6.07) is 0. The summed E-state index contributed by atoms with van der Waals surface area (Å²) < 4.78 is 0. The molecule has 1 N–H and O–H groups in total. The molecule has 4 heteroatoms.